The highest BCUT2D eigenvalue weighted by Gasteiger charge is 2.35. The van der Waals surface area contributed by atoms with Gasteiger partial charge < -0.3 is 4.98 Å². The summed E-state index contributed by atoms with van der Waals surface area (Å²) in [5.41, 5.74) is 0.953. The lowest BCUT2D eigenvalue weighted by Gasteiger charge is -2.07. The first-order valence-corrected chi connectivity index (χ1v) is 6.55. The van der Waals surface area contributed by atoms with Crippen LogP contribution in [0.2, 0.25) is 0 Å². The molecule has 0 radical (unpaired) electrons. The van der Waals surface area contributed by atoms with Gasteiger partial charge in [0.25, 0.3) is 0 Å². The van der Waals surface area contributed by atoms with Gasteiger partial charge in [0.05, 0.1) is 17.2 Å². The molecule has 20 heavy (non-hydrogen) atoms. The summed E-state index contributed by atoms with van der Waals surface area (Å²) in [6.45, 7) is 0. The fraction of sp³-hybridized carbons (Fsp3) is 0.0714. The average Bonchev–Trinajstić information content (AvgIpc) is 3.02. The molecule has 3 rings (SSSR count). The van der Waals surface area contributed by atoms with E-state index in [9.17, 15) is 13.2 Å². The number of nitriles is 1. The Bertz CT molecular complexity index is 821. The number of benzene rings is 1. The molecule has 0 atom stereocenters. The second-order valence-corrected chi connectivity index (χ2v) is 5.15. The molecule has 0 spiro atoms. The van der Waals surface area contributed by atoms with Gasteiger partial charge in [0.15, 0.2) is 0 Å². The van der Waals surface area contributed by atoms with E-state index >= 15 is 0 Å². The number of aromatic amines is 1. The second-order valence-electron chi connectivity index (χ2n) is 4.24. The summed E-state index contributed by atoms with van der Waals surface area (Å²) in [5.74, 6) is 0. The number of thiophene rings is 1. The van der Waals surface area contributed by atoms with E-state index in [-0.39, 0.29) is 4.88 Å². The Labute approximate surface area is 116 Å². The van der Waals surface area contributed by atoms with Crippen LogP contribution in [0.1, 0.15) is 11.1 Å². The van der Waals surface area contributed by atoms with Crippen LogP contribution in [0, 0.1) is 11.3 Å². The number of aromatic nitrogens is 1. The number of alkyl halides is 3. The smallest absolute Gasteiger partial charge is 0.361 e. The number of nitrogens with zero attached hydrogens (tertiary/aromatic N) is 1. The highest BCUT2D eigenvalue weighted by atomic mass is 32.1. The van der Waals surface area contributed by atoms with Gasteiger partial charge in [-0.15, -0.1) is 11.3 Å². The topological polar surface area (TPSA) is 39.6 Å². The van der Waals surface area contributed by atoms with E-state index in [4.69, 9.17) is 5.26 Å². The predicted octanol–water partition coefficient (Wildman–Crippen LogP) is 4.79. The monoisotopic (exact) mass is 292 g/mol. The standard InChI is InChI=1S/C14H7F3N2S/c15-14(16,17)11-3-4-20-13(11)10-7-19-12-2-1-8(6-18)5-9(10)12/h1-5,7,19H. The molecule has 0 aliphatic rings. The van der Waals surface area contributed by atoms with E-state index in [1.165, 1.54) is 5.38 Å². The number of hydrogen-bond acceptors (Lipinski definition) is 2. The molecule has 3 aromatic rings. The van der Waals surface area contributed by atoms with Gasteiger partial charge in [0.1, 0.15) is 0 Å². The van der Waals surface area contributed by atoms with Crippen LogP contribution in [0.25, 0.3) is 21.3 Å². The van der Waals surface area contributed by atoms with Crippen LogP contribution in [0.4, 0.5) is 13.2 Å². The van der Waals surface area contributed by atoms with Crippen molar-refractivity contribution in [3.63, 3.8) is 0 Å². The third-order valence-corrected chi connectivity index (χ3v) is 3.97. The molecular formula is C14H7F3N2S. The SMILES string of the molecule is N#Cc1ccc2[nH]cc(-c3sccc3C(F)(F)F)c2c1. The van der Waals surface area contributed by atoms with E-state index in [1.807, 2.05) is 6.07 Å². The maximum atomic E-state index is 13.0. The molecule has 2 nitrogen and oxygen atoms in total. The fourth-order valence-corrected chi connectivity index (χ4v) is 3.07. The first-order valence-electron chi connectivity index (χ1n) is 5.67. The zero-order chi connectivity index (χ0) is 14.3. The minimum atomic E-state index is -4.38. The molecule has 1 aromatic carbocycles. The van der Waals surface area contributed by atoms with Crippen molar-refractivity contribution in [1.29, 1.82) is 5.26 Å². The third kappa shape index (κ3) is 1.96. The van der Waals surface area contributed by atoms with Crippen molar-refractivity contribution in [2.45, 2.75) is 6.18 Å². The first-order chi connectivity index (χ1) is 9.50. The van der Waals surface area contributed by atoms with Crippen molar-refractivity contribution >= 4 is 22.2 Å². The van der Waals surface area contributed by atoms with Gasteiger partial charge in [-0.1, -0.05) is 0 Å². The summed E-state index contributed by atoms with van der Waals surface area (Å²) in [6, 6.07) is 7.99. The van der Waals surface area contributed by atoms with Crippen LogP contribution in [0.5, 0.6) is 0 Å². The quantitative estimate of drug-likeness (QED) is 0.688. The lowest BCUT2D eigenvalue weighted by Crippen LogP contribution is -2.04. The lowest BCUT2D eigenvalue weighted by atomic mass is 10.1. The summed E-state index contributed by atoms with van der Waals surface area (Å²) in [5, 5.41) is 10.9. The molecule has 0 aliphatic carbocycles. The molecule has 2 aromatic heterocycles. The van der Waals surface area contributed by atoms with Crippen LogP contribution in [0.15, 0.2) is 35.8 Å². The van der Waals surface area contributed by atoms with Crippen molar-refractivity contribution in [1.82, 2.24) is 4.98 Å². The molecule has 1 N–H and O–H groups in total. The highest BCUT2D eigenvalue weighted by molar-refractivity contribution is 7.13. The molecule has 2 heterocycles. The molecule has 0 saturated carbocycles. The van der Waals surface area contributed by atoms with E-state index in [1.54, 1.807) is 24.4 Å². The Balaban J connectivity index is 2.26. The summed E-state index contributed by atoms with van der Waals surface area (Å²) in [6.07, 6.45) is -2.83. The Morgan fingerprint density at radius 2 is 2.00 bits per heavy atom. The third-order valence-electron chi connectivity index (χ3n) is 3.03. The molecule has 0 fully saturated rings. The molecule has 0 saturated heterocycles. The molecule has 100 valence electrons. The zero-order valence-corrected chi connectivity index (χ0v) is 10.8. The Morgan fingerprint density at radius 3 is 2.70 bits per heavy atom. The number of rotatable bonds is 1. The van der Waals surface area contributed by atoms with Gasteiger partial charge in [-0.2, -0.15) is 18.4 Å². The minimum Gasteiger partial charge on any atom is -0.361 e. The molecular weight excluding hydrogens is 285 g/mol. The maximum absolute atomic E-state index is 13.0. The zero-order valence-electron chi connectivity index (χ0n) is 9.95. The Morgan fingerprint density at radius 1 is 1.20 bits per heavy atom. The predicted molar refractivity (Wildman–Crippen MR) is 71.3 cm³/mol. The first kappa shape index (κ1) is 12.8. The van der Waals surface area contributed by atoms with Crippen molar-refractivity contribution in [3.05, 3.63) is 47.0 Å². The van der Waals surface area contributed by atoms with Crippen LogP contribution in [-0.2, 0) is 6.18 Å². The van der Waals surface area contributed by atoms with E-state index in [0.29, 0.717) is 22.0 Å². The molecule has 0 unspecified atom stereocenters. The fourth-order valence-electron chi connectivity index (χ4n) is 2.12. The number of fused-ring (bicyclic) bond motifs is 1. The highest BCUT2D eigenvalue weighted by Crippen LogP contribution is 2.42. The van der Waals surface area contributed by atoms with Crippen LogP contribution >= 0.6 is 11.3 Å². The Hall–Kier alpha value is -2.26. The minimum absolute atomic E-state index is 0.166. The van der Waals surface area contributed by atoms with E-state index < -0.39 is 11.7 Å². The maximum Gasteiger partial charge on any atom is 0.417 e. The van der Waals surface area contributed by atoms with Gasteiger partial charge in [-0.25, -0.2) is 0 Å². The van der Waals surface area contributed by atoms with E-state index in [2.05, 4.69) is 4.98 Å². The summed E-state index contributed by atoms with van der Waals surface area (Å²) in [4.78, 5) is 3.10. The summed E-state index contributed by atoms with van der Waals surface area (Å²) < 4.78 is 38.9. The molecule has 0 bridgehead atoms. The summed E-state index contributed by atoms with van der Waals surface area (Å²) >= 11 is 1.04. The number of halogens is 3. The van der Waals surface area contributed by atoms with Crippen molar-refractivity contribution in [2.24, 2.45) is 0 Å². The molecule has 0 amide bonds. The van der Waals surface area contributed by atoms with Gasteiger partial charge in [0, 0.05) is 27.5 Å². The summed E-state index contributed by atoms with van der Waals surface area (Å²) in [7, 11) is 0. The number of nitrogens with one attached hydrogen (secondary N) is 1. The van der Waals surface area contributed by atoms with Crippen molar-refractivity contribution in [3.8, 4) is 16.5 Å². The average molecular weight is 292 g/mol. The molecule has 0 aliphatic heterocycles. The Kier molecular flexibility index (Phi) is 2.80. The van der Waals surface area contributed by atoms with Crippen molar-refractivity contribution in [2.75, 3.05) is 0 Å². The van der Waals surface area contributed by atoms with Gasteiger partial charge in [0.2, 0.25) is 0 Å². The lowest BCUT2D eigenvalue weighted by molar-refractivity contribution is -0.136. The van der Waals surface area contributed by atoms with Gasteiger partial charge >= 0.3 is 6.18 Å². The van der Waals surface area contributed by atoms with Crippen molar-refractivity contribution < 1.29 is 13.2 Å². The van der Waals surface area contributed by atoms with Crippen LogP contribution in [0.3, 0.4) is 0 Å². The van der Waals surface area contributed by atoms with E-state index in [0.717, 1.165) is 17.4 Å². The van der Waals surface area contributed by atoms with Gasteiger partial charge in [-0.3, -0.25) is 0 Å². The largest absolute Gasteiger partial charge is 0.417 e. The second kappa shape index (κ2) is 4.39. The van der Waals surface area contributed by atoms with Crippen LogP contribution in [-0.4, -0.2) is 4.98 Å². The normalized spacial score (nSPS) is 11.7. The number of hydrogen-bond donors (Lipinski definition) is 1. The number of H-pyrrole nitrogens is 1. The molecule has 6 heteroatoms. The van der Waals surface area contributed by atoms with Gasteiger partial charge in [-0.05, 0) is 29.6 Å². The van der Waals surface area contributed by atoms with Crippen LogP contribution < -0.4 is 0 Å².